The molecule has 0 saturated carbocycles. The maximum absolute atomic E-state index is 13.0. The van der Waals surface area contributed by atoms with E-state index >= 15 is 0 Å². The second kappa shape index (κ2) is 51.6. The highest BCUT2D eigenvalue weighted by Crippen LogP contribution is 2.43. The number of phosphoric acid groups is 1. The number of quaternary nitrogens is 1. The molecule has 0 aliphatic heterocycles. The summed E-state index contributed by atoms with van der Waals surface area (Å²) in [7, 11) is 1.54. The highest BCUT2D eigenvalue weighted by molar-refractivity contribution is 7.47. The van der Waals surface area contributed by atoms with Crippen LogP contribution in [0.5, 0.6) is 0 Å². The predicted octanol–water partition coefficient (Wildman–Crippen LogP) is 17.6. The number of hydrogen-bond acceptors (Lipinski definition) is 5. The van der Waals surface area contributed by atoms with Crippen LogP contribution in [0.25, 0.3) is 0 Å². The van der Waals surface area contributed by atoms with Crippen LogP contribution in [0.1, 0.15) is 245 Å². The number of aliphatic hydroxyl groups is 1. The van der Waals surface area contributed by atoms with E-state index in [0.717, 1.165) is 70.6 Å². The molecule has 0 rings (SSSR count). The zero-order chi connectivity index (χ0) is 51.3. The fourth-order valence-electron chi connectivity index (χ4n) is 8.07. The topological polar surface area (TPSA) is 105 Å². The van der Waals surface area contributed by atoms with Gasteiger partial charge in [-0.3, -0.25) is 13.8 Å². The molecule has 70 heavy (non-hydrogen) atoms. The molecule has 1 amide bonds. The van der Waals surface area contributed by atoms with Gasteiger partial charge >= 0.3 is 7.82 Å². The smallest absolute Gasteiger partial charge is 0.387 e. The average Bonchev–Trinajstić information content (AvgIpc) is 3.32. The summed E-state index contributed by atoms with van der Waals surface area (Å²) < 4.78 is 23.7. The van der Waals surface area contributed by atoms with Gasteiger partial charge in [-0.25, -0.2) is 4.57 Å². The van der Waals surface area contributed by atoms with Crippen LogP contribution in [0, 0.1) is 0 Å². The summed E-state index contributed by atoms with van der Waals surface area (Å²) in [4.78, 5) is 23.3. The highest BCUT2D eigenvalue weighted by atomic mass is 31.2. The van der Waals surface area contributed by atoms with Crippen LogP contribution in [-0.2, 0) is 18.4 Å². The fraction of sp³-hybridized carbons (Fsp3) is 0.754. The van der Waals surface area contributed by atoms with Gasteiger partial charge in [-0.15, -0.1) is 0 Å². The number of likely N-dealkylation sites (N-methyl/N-ethyl adjacent to an activating group) is 1. The molecule has 9 heteroatoms. The van der Waals surface area contributed by atoms with E-state index in [0.29, 0.717) is 17.4 Å². The number of unbranched alkanes of at least 4 members (excludes halogenated alkanes) is 27. The van der Waals surface area contributed by atoms with Crippen LogP contribution in [0.2, 0.25) is 0 Å². The molecule has 3 unspecified atom stereocenters. The summed E-state index contributed by atoms with van der Waals surface area (Å²) in [5, 5.41) is 13.9. The SMILES string of the molecule is CC/C=C\C/C=C\C/C=C\C/C=C\CCCCCCCCCCCCCCCCCCC(=O)NC(COP(=O)(O)OCC[N+](C)(C)C)C(O)/C=C/CC/C=C/CC/C=C/CCCCCCCCCCC. The lowest BCUT2D eigenvalue weighted by molar-refractivity contribution is -0.870. The lowest BCUT2D eigenvalue weighted by atomic mass is 10.0. The van der Waals surface area contributed by atoms with Crippen LogP contribution in [0.3, 0.4) is 0 Å². The molecule has 0 aliphatic carbocycles. The first-order chi connectivity index (χ1) is 34.0. The summed E-state index contributed by atoms with van der Waals surface area (Å²) in [6.45, 7) is 4.68. The Balaban J connectivity index is 4.22. The number of carbonyl (C=O) groups excluding carboxylic acids is 1. The lowest BCUT2D eigenvalue weighted by Crippen LogP contribution is -2.45. The van der Waals surface area contributed by atoms with Crippen molar-refractivity contribution in [1.29, 1.82) is 0 Å². The van der Waals surface area contributed by atoms with Crippen molar-refractivity contribution in [2.45, 2.75) is 257 Å². The predicted molar refractivity (Wildman–Crippen MR) is 304 cm³/mol. The van der Waals surface area contributed by atoms with Crippen molar-refractivity contribution in [3.63, 3.8) is 0 Å². The Morgan fingerprint density at radius 3 is 1.31 bits per heavy atom. The van der Waals surface area contributed by atoms with Crippen LogP contribution in [0.4, 0.5) is 0 Å². The molecular weight excluding hydrogens is 888 g/mol. The summed E-state index contributed by atoms with van der Waals surface area (Å²) in [5.74, 6) is -0.192. The number of rotatable bonds is 52. The normalized spacial score (nSPS) is 14.6. The molecule has 0 aromatic heterocycles. The molecule has 0 aromatic carbocycles. The van der Waals surface area contributed by atoms with Crippen molar-refractivity contribution in [2.24, 2.45) is 0 Å². The maximum atomic E-state index is 13.0. The Kier molecular flexibility index (Phi) is 49.9. The Bertz CT molecular complexity index is 1410. The van der Waals surface area contributed by atoms with Gasteiger partial charge in [0, 0.05) is 6.42 Å². The molecule has 0 aromatic rings. The Morgan fingerprint density at radius 2 is 0.871 bits per heavy atom. The minimum atomic E-state index is -4.36. The van der Waals surface area contributed by atoms with E-state index in [1.54, 1.807) is 6.08 Å². The van der Waals surface area contributed by atoms with Crippen molar-refractivity contribution < 1.29 is 32.9 Å². The number of hydrogen-bond donors (Lipinski definition) is 3. The van der Waals surface area contributed by atoms with Gasteiger partial charge in [0.15, 0.2) is 0 Å². The molecule has 0 fully saturated rings. The molecular formula is C61H112N2O6P+. The number of amides is 1. The molecule has 3 atom stereocenters. The second-order valence-corrected chi connectivity index (χ2v) is 22.1. The first kappa shape index (κ1) is 67.7. The van der Waals surface area contributed by atoms with Gasteiger partial charge in [-0.05, 0) is 83.5 Å². The van der Waals surface area contributed by atoms with E-state index in [1.807, 2.05) is 27.2 Å². The van der Waals surface area contributed by atoms with Crippen LogP contribution < -0.4 is 5.32 Å². The van der Waals surface area contributed by atoms with Crippen molar-refractivity contribution in [3.05, 3.63) is 85.1 Å². The third kappa shape index (κ3) is 53.5. The Morgan fingerprint density at radius 1 is 0.500 bits per heavy atom. The fourth-order valence-corrected chi connectivity index (χ4v) is 8.80. The minimum absolute atomic E-state index is 0.0511. The van der Waals surface area contributed by atoms with Gasteiger partial charge in [0.2, 0.25) is 5.91 Å². The molecule has 0 spiro atoms. The zero-order valence-electron chi connectivity index (χ0n) is 46.2. The van der Waals surface area contributed by atoms with E-state index in [4.69, 9.17) is 9.05 Å². The number of allylic oxidation sites excluding steroid dienone is 13. The number of nitrogens with zero attached hydrogens (tertiary/aromatic N) is 1. The first-order valence-corrected chi connectivity index (χ1v) is 30.5. The largest absolute Gasteiger partial charge is 0.472 e. The molecule has 0 aliphatic rings. The molecule has 3 N–H and O–H groups in total. The van der Waals surface area contributed by atoms with E-state index in [1.165, 1.54) is 154 Å². The monoisotopic (exact) mass is 1000 g/mol. The average molecular weight is 1000 g/mol. The van der Waals surface area contributed by atoms with Crippen molar-refractivity contribution in [1.82, 2.24) is 5.32 Å². The van der Waals surface area contributed by atoms with E-state index in [9.17, 15) is 19.4 Å². The summed E-state index contributed by atoms with van der Waals surface area (Å²) >= 11 is 0. The zero-order valence-corrected chi connectivity index (χ0v) is 47.1. The number of nitrogens with one attached hydrogen (secondary N) is 1. The Labute approximate surface area is 433 Å². The van der Waals surface area contributed by atoms with E-state index < -0.39 is 20.0 Å². The summed E-state index contributed by atoms with van der Waals surface area (Å²) in [6, 6.07) is -0.874. The Hall–Kier alpha value is -2.32. The summed E-state index contributed by atoms with van der Waals surface area (Å²) in [6.07, 6.45) is 72.6. The quantitative estimate of drug-likeness (QED) is 0.0243. The standard InChI is InChI=1S/C61H111N2O6P/c1-6-8-10-12-14-16-18-20-22-24-26-27-28-29-30-31-32-33-34-35-37-39-41-43-45-47-49-51-53-55-61(65)62-59(58-69-70(66,67)68-57-56-63(3,4)5)60(64)54-52-50-48-46-44-42-40-38-36-25-23-21-19-17-15-13-11-9-7-2/h8,10,14,16,20,22,26-27,36,38,44,46,52,54,59-60,64H,6-7,9,11-13,15,17-19,21,23-25,28-35,37,39-43,45,47-51,53,55-58H2,1-5H3,(H-,62,65,66,67)/p+1/b10-8-,16-14-,22-20-,27-26-,38-36+,46-44+,54-52+. The van der Waals surface area contributed by atoms with Gasteiger partial charge < -0.3 is 19.8 Å². The molecule has 0 saturated heterocycles. The molecule has 0 heterocycles. The number of aliphatic hydroxyl groups excluding tert-OH is 1. The van der Waals surface area contributed by atoms with Crippen molar-refractivity contribution >= 4 is 13.7 Å². The molecule has 8 nitrogen and oxygen atoms in total. The van der Waals surface area contributed by atoms with Gasteiger partial charge in [-0.2, -0.15) is 0 Å². The highest BCUT2D eigenvalue weighted by Gasteiger charge is 2.27. The van der Waals surface area contributed by atoms with Gasteiger partial charge in [-0.1, -0.05) is 240 Å². The van der Waals surface area contributed by atoms with Gasteiger partial charge in [0.25, 0.3) is 0 Å². The summed E-state index contributed by atoms with van der Waals surface area (Å²) in [5.41, 5.74) is 0. The van der Waals surface area contributed by atoms with Gasteiger partial charge in [0.05, 0.1) is 39.9 Å². The number of phosphoric ester groups is 1. The molecule has 0 bridgehead atoms. The minimum Gasteiger partial charge on any atom is -0.387 e. The maximum Gasteiger partial charge on any atom is 0.472 e. The van der Waals surface area contributed by atoms with E-state index in [-0.39, 0.29) is 19.1 Å². The third-order valence-electron chi connectivity index (χ3n) is 12.6. The van der Waals surface area contributed by atoms with Crippen LogP contribution in [0.15, 0.2) is 85.1 Å². The second-order valence-electron chi connectivity index (χ2n) is 20.6. The number of carbonyl (C=O) groups is 1. The molecule has 0 radical (unpaired) electrons. The molecule has 406 valence electrons. The lowest BCUT2D eigenvalue weighted by Gasteiger charge is -2.25. The first-order valence-electron chi connectivity index (χ1n) is 29.0. The van der Waals surface area contributed by atoms with Gasteiger partial charge in [0.1, 0.15) is 13.2 Å². The third-order valence-corrected chi connectivity index (χ3v) is 13.6. The van der Waals surface area contributed by atoms with Crippen LogP contribution >= 0.6 is 7.82 Å². The van der Waals surface area contributed by atoms with Crippen molar-refractivity contribution in [3.8, 4) is 0 Å². The van der Waals surface area contributed by atoms with Crippen molar-refractivity contribution in [2.75, 3.05) is 40.9 Å². The van der Waals surface area contributed by atoms with E-state index in [2.05, 4.69) is 92.1 Å². The van der Waals surface area contributed by atoms with Crippen LogP contribution in [-0.4, -0.2) is 73.4 Å².